The number of benzene rings is 2. The first-order chi connectivity index (χ1) is 13.6. The van der Waals surface area contributed by atoms with Crippen LogP contribution in [-0.2, 0) is 19.4 Å². The summed E-state index contributed by atoms with van der Waals surface area (Å²) in [5.41, 5.74) is 8.59. The van der Waals surface area contributed by atoms with E-state index in [1.54, 1.807) is 24.3 Å². The van der Waals surface area contributed by atoms with Crippen molar-refractivity contribution in [1.29, 1.82) is 0 Å². The minimum Gasteiger partial charge on any atom is -0.489 e. The molecule has 0 saturated carbocycles. The molecule has 3 aromatic rings. The van der Waals surface area contributed by atoms with Crippen molar-refractivity contribution >= 4 is 28.2 Å². The Kier molecular flexibility index (Phi) is 5.12. The first kappa shape index (κ1) is 18.3. The van der Waals surface area contributed by atoms with Gasteiger partial charge in [0.25, 0.3) is 11.8 Å². The van der Waals surface area contributed by atoms with Gasteiger partial charge in [0.15, 0.2) is 0 Å². The van der Waals surface area contributed by atoms with Gasteiger partial charge in [-0.2, -0.15) is 0 Å². The molecule has 1 heterocycles. The molecule has 0 saturated heterocycles. The molecule has 0 radical (unpaired) electrons. The van der Waals surface area contributed by atoms with E-state index < -0.39 is 5.91 Å². The lowest BCUT2D eigenvalue weighted by molar-refractivity contribution is 0.100. The van der Waals surface area contributed by atoms with E-state index >= 15 is 0 Å². The predicted molar refractivity (Wildman–Crippen MR) is 110 cm³/mol. The zero-order valence-electron chi connectivity index (χ0n) is 15.2. The molecule has 0 atom stereocenters. The van der Waals surface area contributed by atoms with Crippen molar-refractivity contribution in [2.45, 2.75) is 25.9 Å². The van der Waals surface area contributed by atoms with Gasteiger partial charge in [0, 0.05) is 10.4 Å². The highest BCUT2D eigenvalue weighted by molar-refractivity contribution is 7.17. The second-order valence-electron chi connectivity index (χ2n) is 6.68. The summed E-state index contributed by atoms with van der Waals surface area (Å²) in [6.07, 6.45) is 2.80. The smallest absolute Gasteiger partial charge is 0.256 e. The molecule has 142 valence electrons. The second-order valence-corrected chi connectivity index (χ2v) is 7.78. The monoisotopic (exact) mass is 392 g/mol. The third kappa shape index (κ3) is 3.77. The van der Waals surface area contributed by atoms with Gasteiger partial charge in [-0.3, -0.25) is 9.59 Å². The molecule has 1 aliphatic rings. The van der Waals surface area contributed by atoms with Crippen LogP contribution >= 0.6 is 11.3 Å². The third-order valence-electron chi connectivity index (χ3n) is 4.76. The number of amides is 2. The lowest BCUT2D eigenvalue weighted by Gasteiger charge is -2.08. The molecule has 6 heteroatoms. The van der Waals surface area contributed by atoms with Crippen LogP contribution in [0.15, 0.2) is 54.6 Å². The SMILES string of the molecule is NC(=O)c1c(NC(=O)c2ccc(OCc3ccccc3)cc2)sc2c1CCC2. The summed E-state index contributed by atoms with van der Waals surface area (Å²) in [4.78, 5) is 25.6. The van der Waals surface area contributed by atoms with Crippen LogP contribution in [0.1, 0.15) is 43.1 Å². The molecule has 28 heavy (non-hydrogen) atoms. The van der Waals surface area contributed by atoms with Gasteiger partial charge in [0.05, 0.1) is 5.56 Å². The van der Waals surface area contributed by atoms with Crippen LogP contribution in [0, 0.1) is 0 Å². The van der Waals surface area contributed by atoms with Gasteiger partial charge >= 0.3 is 0 Å². The number of carbonyl (C=O) groups excluding carboxylic acids is 2. The number of hydrogen-bond donors (Lipinski definition) is 2. The van der Waals surface area contributed by atoms with Crippen LogP contribution < -0.4 is 15.8 Å². The lowest BCUT2D eigenvalue weighted by Crippen LogP contribution is -2.17. The van der Waals surface area contributed by atoms with Crippen molar-refractivity contribution in [3.63, 3.8) is 0 Å². The van der Waals surface area contributed by atoms with Gasteiger partial charge in [0.1, 0.15) is 17.4 Å². The van der Waals surface area contributed by atoms with Crippen molar-refractivity contribution in [1.82, 2.24) is 0 Å². The molecule has 0 fully saturated rings. The summed E-state index contributed by atoms with van der Waals surface area (Å²) in [7, 11) is 0. The van der Waals surface area contributed by atoms with Gasteiger partial charge in [-0.05, 0) is 54.7 Å². The van der Waals surface area contributed by atoms with E-state index in [9.17, 15) is 9.59 Å². The Hall–Kier alpha value is -3.12. The fraction of sp³-hybridized carbons (Fsp3) is 0.182. The molecule has 0 bridgehead atoms. The normalized spacial score (nSPS) is 12.4. The first-order valence-electron chi connectivity index (χ1n) is 9.14. The summed E-state index contributed by atoms with van der Waals surface area (Å²) < 4.78 is 5.75. The summed E-state index contributed by atoms with van der Waals surface area (Å²) in [5, 5.41) is 3.40. The van der Waals surface area contributed by atoms with Gasteiger partial charge in [-0.15, -0.1) is 11.3 Å². The number of aryl methyl sites for hydroxylation is 1. The predicted octanol–water partition coefficient (Wildman–Crippen LogP) is 4.17. The molecule has 0 unspecified atom stereocenters. The molecule has 4 rings (SSSR count). The van der Waals surface area contributed by atoms with Gasteiger partial charge in [-0.25, -0.2) is 0 Å². The molecule has 1 aliphatic carbocycles. The van der Waals surface area contributed by atoms with E-state index in [0.717, 1.165) is 35.3 Å². The Morgan fingerprint density at radius 3 is 2.50 bits per heavy atom. The van der Waals surface area contributed by atoms with E-state index in [-0.39, 0.29) is 5.91 Å². The van der Waals surface area contributed by atoms with Gasteiger partial charge in [-0.1, -0.05) is 30.3 Å². The molecule has 1 aromatic heterocycles. The Morgan fingerprint density at radius 1 is 1.04 bits per heavy atom. The second kappa shape index (κ2) is 7.86. The number of rotatable bonds is 6. The van der Waals surface area contributed by atoms with Crippen LogP contribution in [0.4, 0.5) is 5.00 Å². The lowest BCUT2D eigenvalue weighted by atomic mass is 10.1. The number of primary amides is 1. The Balaban J connectivity index is 1.44. The van der Waals surface area contributed by atoms with E-state index in [1.165, 1.54) is 11.3 Å². The van der Waals surface area contributed by atoms with Crippen LogP contribution in [0.25, 0.3) is 0 Å². The van der Waals surface area contributed by atoms with Crippen molar-refractivity contribution in [2.24, 2.45) is 5.73 Å². The maximum Gasteiger partial charge on any atom is 0.256 e. The molecule has 5 nitrogen and oxygen atoms in total. The van der Waals surface area contributed by atoms with Crippen LogP contribution in [-0.4, -0.2) is 11.8 Å². The zero-order chi connectivity index (χ0) is 19.5. The Morgan fingerprint density at radius 2 is 1.79 bits per heavy atom. The number of carbonyl (C=O) groups is 2. The number of ether oxygens (including phenoxy) is 1. The standard InChI is InChI=1S/C22H20N2O3S/c23-20(25)19-17-7-4-8-18(17)28-22(19)24-21(26)15-9-11-16(12-10-15)27-13-14-5-2-1-3-6-14/h1-3,5-6,9-12H,4,7-8,13H2,(H2,23,25)(H,24,26). The molecule has 0 aliphatic heterocycles. The summed E-state index contributed by atoms with van der Waals surface area (Å²) >= 11 is 1.45. The van der Waals surface area contributed by atoms with Crippen LogP contribution in [0.2, 0.25) is 0 Å². The Labute approximate surface area is 167 Å². The van der Waals surface area contributed by atoms with Crippen molar-refractivity contribution in [2.75, 3.05) is 5.32 Å². The minimum absolute atomic E-state index is 0.267. The molecular weight excluding hydrogens is 372 g/mol. The van der Waals surface area contributed by atoms with E-state index in [1.807, 2.05) is 30.3 Å². The first-order valence-corrected chi connectivity index (χ1v) is 9.96. The quantitative estimate of drug-likeness (QED) is 0.661. The Bertz CT molecular complexity index is 1010. The third-order valence-corrected chi connectivity index (χ3v) is 5.97. The average molecular weight is 392 g/mol. The molecule has 0 spiro atoms. The number of thiophene rings is 1. The number of hydrogen-bond acceptors (Lipinski definition) is 4. The highest BCUT2D eigenvalue weighted by Crippen LogP contribution is 2.39. The van der Waals surface area contributed by atoms with Gasteiger partial charge < -0.3 is 15.8 Å². The molecule has 2 aromatic carbocycles. The van der Waals surface area contributed by atoms with E-state index in [0.29, 0.717) is 28.5 Å². The van der Waals surface area contributed by atoms with E-state index in [2.05, 4.69) is 5.32 Å². The highest BCUT2D eigenvalue weighted by atomic mass is 32.1. The maximum atomic E-state index is 12.6. The van der Waals surface area contributed by atoms with Gasteiger partial charge in [0.2, 0.25) is 0 Å². The number of anilines is 1. The minimum atomic E-state index is -0.487. The maximum absolute atomic E-state index is 12.6. The molecule has 2 amide bonds. The molecular formula is C22H20N2O3S. The average Bonchev–Trinajstić information content (AvgIpc) is 3.28. The van der Waals surface area contributed by atoms with Crippen LogP contribution in [0.5, 0.6) is 5.75 Å². The zero-order valence-corrected chi connectivity index (χ0v) is 16.1. The number of fused-ring (bicyclic) bond motifs is 1. The summed E-state index contributed by atoms with van der Waals surface area (Å²) in [6.45, 7) is 0.467. The highest BCUT2D eigenvalue weighted by Gasteiger charge is 2.26. The van der Waals surface area contributed by atoms with Crippen molar-refractivity contribution < 1.29 is 14.3 Å². The van der Waals surface area contributed by atoms with Crippen LogP contribution in [0.3, 0.4) is 0 Å². The van der Waals surface area contributed by atoms with Crippen molar-refractivity contribution in [3.05, 3.63) is 81.7 Å². The summed E-state index contributed by atoms with van der Waals surface area (Å²) in [6, 6.07) is 16.8. The number of nitrogens with one attached hydrogen (secondary N) is 1. The molecule has 3 N–H and O–H groups in total. The largest absolute Gasteiger partial charge is 0.489 e. The van der Waals surface area contributed by atoms with E-state index in [4.69, 9.17) is 10.5 Å². The fourth-order valence-corrected chi connectivity index (χ4v) is 4.66. The number of nitrogens with two attached hydrogens (primary N) is 1. The van der Waals surface area contributed by atoms with Crippen molar-refractivity contribution in [3.8, 4) is 5.75 Å². The topological polar surface area (TPSA) is 81.4 Å². The fourth-order valence-electron chi connectivity index (χ4n) is 3.37. The summed E-state index contributed by atoms with van der Waals surface area (Å²) in [5.74, 6) is -0.0651.